The molecule has 0 saturated carbocycles. The summed E-state index contributed by atoms with van der Waals surface area (Å²) in [6.45, 7) is 3.75. The summed E-state index contributed by atoms with van der Waals surface area (Å²) in [4.78, 5) is 13.0. The topological polar surface area (TPSA) is 84.9 Å². The highest BCUT2D eigenvalue weighted by Crippen LogP contribution is 2.36. The first-order valence-electron chi connectivity index (χ1n) is 10.7. The molecule has 4 rings (SSSR count). The van der Waals surface area contributed by atoms with Gasteiger partial charge in [-0.15, -0.1) is 0 Å². The highest BCUT2D eigenvalue weighted by molar-refractivity contribution is 7.92. The number of benzene rings is 3. The molecule has 0 aliphatic carbocycles. The van der Waals surface area contributed by atoms with E-state index in [1.165, 1.54) is 4.31 Å². The summed E-state index contributed by atoms with van der Waals surface area (Å²) in [5.74, 6) is 0.445. The maximum absolute atomic E-state index is 13.3. The Morgan fingerprint density at radius 1 is 1.03 bits per heavy atom. The molecule has 1 amide bonds. The summed E-state index contributed by atoms with van der Waals surface area (Å²) in [5.41, 5.74) is 1.66. The fourth-order valence-electron chi connectivity index (χ4n) is 3.58. The van der Waals surface area contributed by atoms with Gasteiger partial charge in [0.05, 0.1) is 24.1 Å². The van der Waals surface area contributed by atoms with E-state index in [4.69, 9.17) is 9.47 Å². The zero-order valence-corrected chi connectivity index (χ0v) is 19.3. The van der Waals surface area contributed by atoms with Crippen molar-refractivity contribution in [2.75, 3.05) is 16.2 Å². The van der Waals surface area contributed by atoms with Gasteiger partial charge in [-0.1, -0.05) is 42.5 Å². The van der Waals surface area contributed by atoms with Gasteiger partial charge in [-0.05, 0) is 55.8 Å². The maximum Gasteiger partial charge on any atom is 0.267 e. The highest BCUT2D eigenvalue weighted by atomic mass is 32.2. The number of rotatable bonds is 7. The van der Waals surface area contributed by atoms with Crippen LogP contribution in [0.3, 0.4) is 0 Å². The number of anilines is 2. The summed E-state index contributed by atoms with van der Waals surface area (Å²) >= 11 is 0. The fraction of sp³-hybridized carbons (Fsp3) is 0.240. The van der Waals surface area contributed by atoms with Crippen molar-refractivity contribution < 1.29 is 22.7 Å². The Morgan fingerprint density at radius 2 is 1.70 bits per heavy atom. The molecule has 172 valence electrons. The summed E-state index contributed by atoms with van der Waals surface area (Å²) in [7, 11) is -3.75. The number of fused-ring (bicyclic) bond motifs is 1. The van der Waals surface area contributed by atoms with Gasteiger partial charge in [-0.3, -0.25) is 9.10 Å². The van der Waals surface area contributed by atoms with Crippen LogP contribution in [0.15, 0.2) is 78.9 Å². The molecule has 1 heterocycles. The van der Waals surface area contributed by atoms with Crippen LogP contribution in [0.5, 0.6) is 11.5 Å². The predicted octanol–water partition coefficient (Wildman–Crippen LogP) is 4.21. The first kappa shape index (κ1) is 22.7. The van der Waals surface area contributed by atoms with Crippen molar-refractivity contribution in [3.63, 3.8) is 0 Å². The van der Waals surface area contributed by atoms with Gasteiger partial charge in [0, 0.05) is 5.69 Å². The minimum absolute atomic E-state index is 0.0463. The lowest BCUT2D eigenvalue weighted by molar-refractivity contribution is -0.122. The molecule has 1 N–H and O–H groups in total. The van der Waals surface area contributed by atoms with Crippen molar-refractivity contribution in [2.45, 2.75) is 31.8 Å². The molecule has 1 atom stereocenters. The van der Waals surface area contributed by atoms with E-state index < -0.39 is 22.0 Å². The third-order valence-corrected chi connectivity index (χ3v) is 6.76. The van der Waals surface area contributed by atoms with E-state index in [2.05, 4.69) is 5.32 Å². The molecule has 0 bridgehead atoms. The van der Waals surface area contributed by atoms with Gasteiger partial charge in [0.2, 0.25) is 10.0 Å². The average Bonchev–Trinajstić information content (AvgIpc) is 2.79. The zero-order valence-electron chi connectivity index (χ0n) is 18.5. The van der Waals surface area contributed by atoms with Gasteiger partial charge in [-0.25, -0.2) is 8.42 Å². The maximum atomic E-state index is 13.3. The number of carbonyl (C=O) groups excluding carboxylic acids is 1. The molecule has 1 aliphatic heterocycles. The number of hydrogen-bond acceptors (Lipinski definition) is 5. The zero-order chi connectivity index (χ0) is 23.4. The lowest BCUT2D eigenvalue weighted by Gasteiger charge is -2.34. The van der Waals surface area contributed by atoms with Crippen LogP contribution in [0.4, 0.5) is 11.4 Å². The number of ether oxygens (including phenoxy) is 2. The normalized spacial score (nSPS) is 15.5. The number of sulfonamides is 1. The predicted molar refractivity (Wildman–Crippen MR) is 128 cm³/mol. The molecular formula is C25H26N2O5S. The summed E-state index contributed by atoms with van der Waals surface area (Å²) in [6, 6.07) is 22.8. The van der Waals surface area contributed by atoms with Crippen LogP contribution in [-0.4, -0.2) is 33.1 Å². The molecule has 1 aliphatic rings. The first-order valence-corrected chi connectivity index (χ1v) is 12.3. The minimum Gasteiger partial charge on any atom is -0.491 e. The van der Waals surface area contributed by atoms with E-state index in [9.17, 15) is 13.2 Å². The molecule has 0 radical (unpaired) electrons. The third kappa shape index (κ3) is 5.46. The van der Waals surface area contributed by atoms with Gasteiger partial charge in [0.25, 0.3) is 5.91 Å². The number of nitrogens with one attached hydrogen (secondary N) is 1. The van der Waals surface area contributed by atoms with Crippen LogP contribution in [0.2, 0.25) is 0 Å². The van der Waals surface area contributed by atoms with E-state index in [1.54, 1.807) is 72.8 Å². The molecule has 0 fully saturated rings. The SMILES string of the molecule is CC(C)Oc1ccc(NC(=O)C2CN(S(=O)(=O)Cc3ccccc3)c3ccccc3O2)cc1. The van der Waals surface area contributed by atoms with E-state index in [-0.39, 0.29) is 18.4 Å². The Balaban J connectivity index is 1.54. The van der Waals surface area contributed by atoms with Crippen LogP contribution in [0, 0.1) is 0 Å². The molecule has 0 saturated heterocycles. The van der Waals surface area contributed by atoms with Crippen LogP contribution in [-0.2, 0) is 20.6 Å². The van der Waals surface area contributed by atoms with Crippen molar-refractivity contribution in [1.82, 2.24) is 0 Å². The molecule has 3 aromatic rings. The van der Waals surface area contributed by atoms with E-state index in [0.29, 0.717) is 28.4 Å². The fourth-order valence-corrected chi connectivity index (χ4v) is 5.16. The van der Waals surface area contributed by atoms with Gasteiger partial charge in [-0.2, -0.15) is 0 Å². The van der Waals surface area contributed by atoms with E-state index >= 15 is 0 Å². The van der Waals surface area contributed by atoms with Crippen molar-refractivity contribution >= 4 is 27.3 Å². The van der Waals surface area contributed by atoms with Crippen molar-refractivity contribution in [3.05, 3.63) is 84.4 Å². The average molecular weight is 467 g/mol. The number of carbonyl (C=O) groups is 1. The van der Waals surface area contributed by atoms with Gasteiger partial charge < -0.3 is 14.8 Å². The second kappa shape index (κ2) is 9.54. The van der Waals surface area contributed by atoms with Gasteiger partial charge >= 0.3 is 0 Å². The summed E-state index contributed by atoms with van der Waals surface area (Å²) < 4.78 is 39.3. The highest BCUT2D eigenvalue weighted by Gasteiger charge is 2.36. The van der Waals surface area contributed by atoms with Gasteiger partial charge in [0.1, 0.15) is 11.5 Å². The van der Waals surface area contributed by atoms with E-state index in [1.807, 2.05) is 19.9 Å². The Labute approximate surface area is 194 Å². The lowest BCUT2D eigenvalue weighted by atomic mass is 10.2. The molecular weight excluding hydrogens is 440 g/mol. The largest absolute Gasteiger partial charge is 0.491 e. The Hall–Kier alpha value is -3.52. The molecule has 7 nitrogen and oxygen atoms in total. The Bertz CT molecular complexity index is 1210. The van der Waals surface area contributed by atoms with Crippen LogP contribution in [0.25, 0.3) is 0 Å². The van der Waals surface area contributed by atoms with Crippen LogP contribution in [0.1, 0.15) is 19.4 Å². The smallest absolute Gasteiger partial charge is 0.267 e. The van der Waals surface area contributed by atoms with Crippen molar-refractivity contribution in [1.29, 1.82) is 0 Å². The van der Waals surface area contributed by atoms with Crippen molar-refractivity contribution in [2.24, 2.45) is 0 Å². The van der Waals surface area contributed by atoms with Crippen LogP contribution >= 0.6 is 0 Å². The van der Waals surface area contributed by atoms with Gasteiger partial charge in [0.15, 0.2) is 6.10 Å². The molecule has 0 aromatic heterocycles. The quantitative estimate of drug-likeness (QED) is 0.564. The van der Waals surface area contributed by atoms with Crippen LogP contribution < -0.4 is 19.1 Å². The second-order valence-electron chi connectivity index (χ2n) is 8.03. The molecule has 8 heteroatoms. The van der Waals surface area contributed by atoms with Crippen molar-refractivity contribution in [3.8, 4) is 11.5 Å². The summed E-state index contributed by atoms with van der Waals surface area (Å²) in [5, 5.41) is 2.80. The second-order valence-corrected chi connectivity index (χ2v) is 9.92. The minimum atomic E-state index is -3.75. The number of para-hydroxylation sites is 2. The summed E-state index contributed by atoms with van der Waals surface area (Å²) in [6.07, 6.45) is -0.956. The van der Waals surface area contributed by atoms with E-state index in [0.717, 1.165) is 0 Å². The number of hydrogen-bond donors (Lipinski definition) is 1. The monoisotopic (exact) mass is 466 g/mol. The standard InChI is InChI=1S/C25H26N2O5S/c1-18(2)31-21-14-12-20(13-15-21)26-25(28)24-16-27(22-10-6-7-11-23(22)32-24)33(29,30)17-19-8-4-3-5-9-19/h3-15,18,24H,16-17H2,1-2H3,(H,26,28). The first-order chi connectivity index (χ1) is 15.8. The Morgan fingerprint density at radius 3 is 2.39 bits per heavy atom. The molecule has 1 unspecified atom stereocenters. The Kier molecular flexibility index (Phi) is 6.55. The lowest BCUT2D eigenvalue weighted by Crippen LogP contribution is -2.49. The number of amides is 1. The number of nitrogens with zero attached hydrogens (tertiary/aromatic N) is 1. The molecule has 0 spiro atoms. The molecule has 33 heavy (non-hydrogen) atoms. The third-order valence-electron chi connectivity index (χ3n) is 5.05. The molecule has 3 aromatic carbocycles.